The van der Waals surface area contributed by atoms with Crippen LogP contribution in [0.4, 0.5) is 11.6 Å². The predicted molar refractivity (Wildman–Crippen MR) is 86.6 cm³/mol. The van der Waals surface area contributed by atoms with Crippen LogP contribution in [0.1, 0.15) is 5.56 Å². The van der Waals surface area contributed by atoms with Crippen LogP contribution >= 0.6 is 15.9 Å². The summed E-state index contributed by atoms with van der Waals surface area (Å²) in [6.07, 6.45) is 3.24. The molecule has 0 radical (unpaired) electrons. The molecule has 3 rings (SSSR count). The molecule has 0 spiro atoms. The first kappa shape index (κ1) is 13.7. The smallest absolute Gasteiger partial charge is 0.159 e. The van der Waals surface area contributed by atoms with Gasteiger partial charge in [0.1, 0.15) is 16.6 Å². The van der Waals surface area contributed by atoms with Crippen LogP contribution in [0.5, 0.6) is 0 Å². The molecule has 21 heavy (non-hydrogen) atoms. The maximum absolute atomic E-state index is 5.39. The second kappa shape index (κ2) is 6.02. The Morgan fingerprint density at radius 1 is 1.05 bits per heavy atom. The molecule has 0 aliphatic rings. The van der Waals surface area contributed by atoms with E-state index in [9.17, 15) is 0 Å². The highest BCUT2D eigenvalue weighted by Gasteiger charge is 2.08. The third-order valence-corrected chi connectivity index (χ3v) is 3.84. The summed E-state index contributed by atoms with van der Waals surface area (Å²) in [5.41, 5.74) is 4.59. The molecule has 3 aromatic rings. The molecule has 2 aromatic heterocycles. The minimum absolute atomic E-state index is 0.531. The van der Waals surface area contributed by atoms with Crippen molar-refractivity contribution in [2.45, 2.75) is 6.54 Å². The molecule has 0 aliphatic carbocycles. The van der Waals surface area contributed by atoms with Crippen LogP contribution in [0.25, 0.3) is 10.9 Å². The Kier molecular flexibility index (Phi) is 3.94. The summed E-state index contributed by atoms with van der Waals surface area (Å²) in [5, 5.41) is 4.38. The van der Waals surface area contributed by atoms with Gasteiger partial charge in [0.15, 0.2) is 5.82 Å². The lowest BCUT2D eigenvalue weighted by Gasteiger charge is -2.11. The van der Waals surface area contributed by atoms with Crippen molar-refractivity contribution in [2.24, 2.45) is 5.84 Å². The summed E-state index contributed by atoms with van der Waals surface area (Å²) in [5.74, 6) is 6.60. The molecule has 106 valence electrons. The van der Waals surface area contributed by atoms with Gasteiger partial charge in [-0.2, -0.15) is 0 Å². The molecule has 0 unspecified atom stereocenters. The van der Waals surface area contributed by atoms with Gasteiger partial charge in [0, 0.05) is 18.1 Å². The lowest BCUT2D eigenvalue weighted by Crippen LogP contribution is -2.11. The zero-order chi connectivity index (χ0) is 14.7. The van der Waals surface area contributed by atoms with E-state index in [1.807, 2.05) is 30.3 Å². The summed E-state index contributed by atoms with van der Waals surface area (Å²) in [7, 11) is 0. The Hall–Kier alpha value is -2.25. The van der Waals surface area contributed by atoms with E-state index in [-0.39, 0.29) is 0 Å². The van der Waals surface area contributed by atoms with Gasteiger partial charge in [0.2, 0.25) is 0 Å². The zero-order valence-electron chi connectivity index (χ0n) is 11.0. The molecule has 0 fully saturated rings. The van der Waals surface area contributed by atoms with Gasteiger partial charge in [0.25, 0.3) is 0 Å². The van der Waals surface area contributed by atoms with E-state index < -0.39 is 0 Å². The molecule has 2 heterocycles. The molecular weight excluding hydrogens is 332 g/mol. The number of benzene rings is 1. The van der Waals surface area contributed by atoms with Gasteiger partial charge in [-0.1, -0.05) is 24.3 Å². The SMILES string of the molecule is NNc1ncnc(NCc2cccc3cccnc23)c1Br. The standard InChI is InChI=1S/C14H13BrN6/c15-11-13(19-8-20-14(11)21-16)18-7-10-4-1-3-9-5-2-6-17-12(9)10/h1-6,8H,7,16H2,(H2,18,19,20,21). The second-order valence-corrected chi connectivity index (χ2v) is 5.17. The number of nitrogens with zero attached hydrogens (tertiary/aromatic N) is 3. The summed E-state index contributed by atoms with van der Waals surface area (Å²) in [4.78, 5) is 12.6. The maximum Gasteiger partial charge on any atom is 0.159 e. The fraction of sp³-hybridized carbons (Fsp3) is 0.0714. The van der Waals surface area contributed by atoms with Crippen LogP contribution in [0, 0.1) is 0 Å². The maximum atomic E-state index is 5.39. The number of nitrogens with one attached hydrogen (secondary N) is 2. The number of nitrogens with two attached hydrogens (primary N) is 1. The van der Waals surface area contributed by atoms with Crippen LogP contribution in [-0.2, 0) is 6.54 Å². The molecular formula is C14H13BrN6. The van der Waals surface area contributed by atoms with Crippen LogP contribution < -0.4 is 16.6 Å². The summed E-state index contributed by atoms with van der Waals surface area (Å²) in [6.45, 7) is 0.605. The third-order valence-electron chi connectivity index (χ3n) is 3.09. The number of aromatic nitrogens is 3. The summed E-state index contributed by atoms with van der Waals surface area (Å²) < 4.78 is 0.695. The number of anilines is 2. The first-order valence-electron chi connectivity index (χ1n) is 6.33. The first-order valence-corrected chi connectivity index (χ1v) is 7.12. The molecule has 4 N–H and O–H groups in total. The number of halogens is 1. The van der Waals surface area contributed by atoms with Crippen molar-refractivity contribution in [3.63, 3.8) is 0 Å². The van der Waals surface area contributed by atoms with Gasteiger partial charge in [-0.15, -0.1) is 0 Å². The van der Waals surface area contributed by atoms with E-state index in [0.29, 0.717) is 22.7 Å². The number of fused-ring (bicyclic) bond motifs is 1. The summed E-state index contributed by atoms with van der Waals surface area (Å²) in [6, 6.07) is 10.1. The van der Waals surface area contributed by atoms with Crippen molar-refractivity contribution >= 4 is 38.5 Å². The zero-order valence-corrected chi connectivity index (χ0v) is 12.6. The van der Waals surface area contributed by atoms with Crippen molar-refractivity contribution in [1.29, 1.82) is 0 Å². The number of nitrogen functional groups attached to an aromatic ring is 1. The molecule has 0 atom stereocenters. The fourth-order valence-electron chi connectivity index (χ4n) is 2.08. The van der Waals surface area contributed by atoms with E-state index >= 15 is 0 Å². The number of pyridine rings is 1. The molecule has 7 heteroatoms. The van der Waals surface area contributed by atoms with E-state index in [4.69, 9.17) is 5.84 Å². The normalized spacial score (nSPS) is 10.6. The minimum atomic E-state index is 0.531. The summed E-state index contributed by atoms with van der Waals surface area (Å²) >= 11 is 3.42. The number of hydrogen-bond acceptors (Lipinski definition) is 6. The molecule has 1 aromatic carbocycles. The number of rotatable bonds is 4. The van der Waals surface area contributed by atoms with E-state index in [2.05, 4.69) is 41.6 Å². The number of para-hydroxylation sites is 1. The van der Waals surface area contributed by atoms with Gasteiger partial charge >= 0.3 is 0 Å². The second-order valence-electron chi connectivity index (χ2n) is 4.38. The molecule has 0 saturated heterocycles. The van der Waals surface area contributed by atoms with Crippen LogP contribution in [0.15, 0.2) is 47.3 Å². The van der Waals surface area contributed by atoms with Crippen LogP contribution in [0.2, 0.25) is 0 Å². The lowest BCUT2D eigenvalue weighted by atomic mass is 10.1. The number of hydrogen-bond donors (Lipinski definition) is 3. The van der Waals surface area contributed by atoms with Crippen LogP contribution in [0.3, 0.4) is 0 Å². The highest BCUT2D eigenvalue weighted by atomic mass is 79.9. The van der Waals surface area contributed by atoms with Gasteiger partial charge in [-0.05, 0) is 27.6 Å². The molecule has 0 saturated carbocycles. The quantitative estimate of drug-likeness (QED) is 0.498. The minimum Gasteiger partial charge on any atom is -0.365 e. The van der Waals surface area contributed by atoms with Crippen molar-refractivity contribution < 1.29 is 0 Å². The van der Waals surface area contributed by atoms with Crippen molar-refractivity contribution in [1.82, 2.24) is 15.0 Å². The van der Waals surface area contributed by atoms with Gasteiger partial charge < -0.3 is 10.7 Å². The Morgan fingerprint density at radius 3 is 2.71 bits per heavy atom. The van der Waals surface area contributed by atoms with E-state index in [1.54, 1.807) is 6.20 Å². The Labute approximate surface area is 129 Å². The fourth-order valence-corrected chi connectivity index (χ4v) is 2.54. The van der Waals surface area contributed by atoms with Crippen molar-refractivity contribution in [3.05, 3.63) is 52.9 Å². The van der Waals surface area contributed by atoms with Gasteiger partial charge in [-0.25, -0.2) is 15.8 Å². The molecule has 6 nitrogen and oxygen atoms in total. The Balaban J connectivity index is 1.87. The molecule has 0 amide bonds. The van der Waals surface area contributed by atoms with Gasteiger partial charge in [0.05, 0.1) is 5.52 Å². The highest BCUT2D eigenvalue weighted by molar-refractivity contribution is 9.10. The van der Waals surface area contributed by atoms with Crippen molar-refractivity contribution in [2.75, 3.05) is 10.7 Å². The molecule has 0 bridgehead atoms. The average Bonchev–Trinajstić information content (AvgIpc) is 2.54. The topological polar surface area (TPSA) is 88.8 Å². The largest absolute Gasteiger partial charge is 0.365 e. The highest BCUT2D eigenvalue weighted by Crippen LogP contribution is 2.26. The van der Waals surface area contributed by atoms with Gasteiger partial charge in [-0.3, -0.25) is 4.98 Å². The third kappa shape index (κ3) is 2.79. The Bertz CT molecular complexity index is 771. The average molecular weight is 345 g/mol. The van der Waals surface area contributed by atoms with E-state index in [1.165, 1.54) is 6.33 Å². The molecule has 0 aliphatic heterocycles. The van der Waals surface area contributed by atoms with Crippen molar-refractivity contribution in [3.8, 4) is 0 Å². The first-order chi connectivity index (χ1) is 10.3. The number of hydrazine groups is 1. The predicted octanol–water partition coefficient (Wildman–Crippen LogP) is 2.69. The monoisotopic (exact) mass is 344 g/mol. The lowest BCUT2D eigenvalue weighted by molar-refractivity contribution is 1.07. The van der Waals surface area contributed by atoms with Crippen LogP contribution in [-0.4, -0.2) is 15.0 Å². The van der Waals surface area contributed by atoms with E-state index in [0.717, 1.165) is 16.5 Å². The Morgan fingerprint density at radius 2 is 1.86 bits per heavy atom.